The number of rotatable bonds is 13. The molecule has 204 valence electrons. The number of benzene rings is 2. The Morgan fingerprint density at radius 3 is 2.08 bits per heavy atom. The van der Waals surface area contributed by atoms with Gasteiger partial charge in [0.25, 0.3) is 0 Å². The van der Waals surface area contributed by atoms with E-state index in [4.69, 9.17) is 0 Å². The highest BCUT2D eigenvalue weighted by Crippen LogP contribution is 2.28. The molecule has 0 bridgehead atoms. The van der Waals surface area contributed by atoms with E-state index in [0.717, 1.165) is 30.5 Å². The lowest BCUT2D eigenvalue weighted by molar-refractivity contribution is -0.209. The third kappa shape index (κ3) is 10.5. The van der Waals surface area contributed by atoms with Gasteiger partial charge >= 0.3 is 18.3 Å². The molecule has 0 aliphatic heterocycles. The van der Waals surface area contributed by atoms with Gasteiger partial charge in [0.2, 0.25) is 6.10 Å². The minimum atomic E-state index is -4.81. The van der Waals surface area contributed by atoms with Crippen molar-refractivity contribution in [3.63, 3.8) is 0 Å². The average Bonchev–Trinajstić information content (AvgIpc) is 2.83. The third-order valence-electron chi connectivity index (χ3n) is 6.08. The number of hydrogen-bond acceptors (Lipinski definition) is 4. The van der Waals surface area contributed by atoms with Crippen LogP contribution in [0.5, 0.6) is 0 Å². The number of hydrogen-bond donors (Lipinski definition) is 0. The fourth-order valence-corrected chi connectivity index (χ4v) is 3.88. The molecule has 1 atom stereocenters. The maximum absolute atomic E-state index is 14.6. The summed E-state index contributed by atoms with van der Waals surface area (Å²) in [6, 6.07) is 11.4. The maximum atomic E-state index is 14.6. The predicted octanol–water partition coefficient (Wildman–Crippen LogP) is 9.06. The third-order valence-corrected chi connectivity index (χ3v) is 6.08. The summed E-state index contributed by atoms with van der Waals surface area (Å²) in [6.45, 7) is 5.65. The zero-order valence-electron chi connectivity index (χ0n) is 21.7. The summed E-state index contributed by atoms with van der Waals surface area (Å²) in [5.41, 5.74) is 1.85. The van der Waals surface area contributed by atoms with Gasteiger partial charge < -0.3 is 9.47 Å². The van der Waals surface area contributed by atoms with Crippen LogP contribution in [0.15, 0.2) is 42.5 Å². The van der Waals surface area contributed by atoms with Gasteiger partial charge in [-0.15, -0.1) is 0 Å². The lowest BCUT2D eigenvalue weighted by atomic mass is 10.00. The van der Waals surface area contributed by atoms with E-state index in [1.54, 1.807) is 13.8 Å². The second-order valence-corrected chi connectivity index (χ2v) is 9.67. The second-order valence-electron chi connectivity index (χ2n) is 9.67. The molecule has 0 spiro atoms. The summed E-state index contributed by atoms with van der Waals surface area (Å²) in [5.74, 6) is -2.43. The Kier molecular flexibility index (Phi) is 12.1. The van der Waals surface area contributed by atoms with Crippen LogP contribution in [-0.2, 0) is 15.9 Å². The van der Waals surface area contributed by atoms with E-state index in [9.17, 15) is 27.2 Å². The smallest absolute Gasteiger partial charge is 0.421 e. The molecule has 0 aromatic heterocycles. The van der Waals surface area contributed by atoms with Crippen LogP contribution in [0.1, 0.15) is 88.1 Å². The first kappa shape index (κ1) is 30.3. The maximum Gasteiger partial charge on any atom is 0.517 e. The number of esters is 1. The summed E-state index contributed by atoms with van der Waals surface area (Å²) >= 11 is 0. The lowest BCUT2D eigenvalue weighted by Crippen LogP contribution is -2.35. The van der Waals surface area contributed by atoms with Crippen LogP contribution in [0, 0.1) is 11.7 Å². The molecule has 0 saturated heterocycles. The van der Waals surface area contributed by atoms with E-state index in [2.05, 4.69) is 16.4 Å². The Balaban J connectivity index is 1.95. The standard InChI is InChI=1S/C29H36F4O4/c1-4-5-6-7-8-9-10-21-12-14-22(15-13-21)23-16-17-24(25(30)19-23)27(34)37-28(35)36-26(29(31,32)33)18-11-20(2)3/h12-17,19-20,26H,4-11,18H2,1-3H3/t26-/m1/s1. The molecule has 2 rings (SSSR count). The van der Waals surface area contributed by atoms with Crippen molar-refractivity contribution in [2.45, 2.75) is 90.8 Å². The highest BCUT2D eigenvalue weighted by molar-refractivity contribution is 5.96. The Labute approximate surface area is 216 Å². The largest absolute Gasteiger partial charge is 0.517 e. The summed E-state index contributed by atoms with van der Waals surface area (Å²) in [4.78, 5) is 24.0. The van der Waals surface area contributed by atoms with Gasteiger partial charge in [-0.1, -0.05) is 83.2 Å². The normalized spacial score (nSPS) is 12.4. The summed E-state index contributed by atoms with van der Waals surface area (Å²) in [5, 5.41) is 0. The van der Waals surface area contributed by atoms with Gasteiger partial charge in [-0.3, -0.25) is 0 Å². The predicted molar refractivity (Wildman–Crippen MR) is 135 cm³/mol. The molecule has 0 fully saturated rings. The lowest BCUT2D eigenvalue weighted by Gasteiger charge is -2.20. The van der Waals surface area contributed by atoms with Crippen LogP contribution in [0.25, 0.3) is 11.1 Å². The highest BCUT2D eigenvalue weighted by atomic mass is 19.4. The fourth-order valence-electron chi connectivity index (χ4n) is 3.88. The van der Waals surface area contributed by atoms with E-state index in [-0.39, 0.29) is 12.3 Å². The van der Waals surface area contributed by atoms with Gasteiger partial charge in [0.15, 0.2) is 0 Å². The van der Waals surface area contributed by atoms with Crippen LogP contribution in [0.3, 0.4) is 0 Å². The Morgan fingerprint density at radius 1 is 0.865 bits per heavy atom. The van der Waals surface area contributed by atoms with Crippen molar-refractivity contribution in [1.29, 1.82) is 0 Å². The molecule has 2 aromatic carbocycles. The van der Waals surface area contributed by atoms with Crippen molar-refractivity contribution in [3.8, 4) is 11.1 Å². The van der Waals surface area contributed by atoms with E-state index in [1.807, 2.05) is 24.3 Å². The van der Waals surface area contributed by atoms with Gasteiger partial charge in [-0.05, 0) is 60.4 Å². The molecule has 0 unspecified atom stereocenters. The zero-order chi connectivity index (χ0) is 27.4. The van der Waals surface area contributed by atoms with Crippen LogP contribution in [-0.4, -0.2) is 24.4 Å². The van der Waals surface area contributed by atoms with Crippen molar-refractivity contribution >= 4 is 12.1 Å². The number of alkyl halides is 3. The zero-order valence-corrected chi connectivity index (χ0v) is 21.7. The van der Waals surface area contributed by atoms with Gasteiger partial charge in [0.05, 0.1) is 5.56 Å². The molecule has 0 aliphatic rings. The van der Waals surface area contributed by atoms with E-state index < -0.39 is 42.2 Å². The van der Waals surface area contributed by atoms with Crippen molar-refractivity contribution in [3.05, 3.63) is 59.4 Å². The first-order valence-electron chi connectivity index (χ1n) is 12.9. The Bertz CT molecular complexity index is 1000. The van der Waals surface area contributed by atoms with Crippen LogP contribution in [0.4, 0.5) is 22.4 Å². The van der Waals surface area contributed by atoms with Crippen molar-refractivity contribution < 1.29 is 36.6 Å². The molecule has 0 N–H and O–H groups in total. The molecule has 8 heteroatoms. The number of carbonyl (C=O) groups excluding carboxylic acids is 2. The van der Waals surface area contributed by atoms with Crippen LogP contribution < -0.4 is 0 Å². The number of ether oxygens (including phenoxy) is 2. The molecule has 0 aliphatic carbocycles. The minimum absolute atomic E-state index is 0.0461. The average molecular weight is 525 g/mol. The number of unbranched alkanes of at least 4 members (excludes halogenated alkanes) is 5. The fraction of sp³-hybridized carbons (Fsp3) is 0.517. The monoisotopic (exact) mass is 524 g/mol. The van der Waals surface area contributed by atoms with E-state index in [0.29, 0.717) is 5.56 Å². The molecule has 0 heterocycles. The molecule has 0 amide bonds. The van der Waals surface area contributed by atoms with Crippen molar-refractivity contribution in [2.24, 2.45) is 5.92 Å². The Morgan fingerprint density at radius 2 is 1.49 bits per heavy atom. The molecule has 0 radical (unpaired) electrons. The number of aryl methyl sites for hydroxylation is 1. The van der Waals surface area contributed by atoms with Gasteiger partial charge in [-0.25, -0.2) is 14.0 Å². The second kappa shape index (κ2) is 14.7. The first-order chi connectivity index (χ1) is 17.5. The van der Waals surface area contributed by atoms with E-state index in [1.165, 1.54) is 43.7 Å². The molecule has 4 nitrogen and oxygen atoms in total. The van der Waals surface area contributed by atoms with Gasteiger partial charge in [0.1, 0.15) is 5.82 Å². The quantitative estimate of drug-likeness (QED) is 0.114. The minimum Gasteiger partial charge on any atom is -0.421 e. The van der Waals surface area contributed by atoms with Crippen LogP contribution >= 0.6 is 0 Å². The van der Waals surface area contributed by atoms with Crippen LogP contribution in [0.2, 0.25) is 0 Å². The SMILES string of the molecule is CCCCCCCCc1ccc(-c2ccc(C(=O)OC(=O)O[C@H](CCC(C)C)C(F)(F)F)c(F)c2)cc1. The summed E-state index contributed by atoms with van der Waals surface area (Å²) < 4.78 is 62.7. The van der Waals surface area contributed by atoms with Crippen molar-refractivity contribution in [1.82, 2.24) is 0 Å². The molecule has 0 saturated carbocycles. The molecule has 37 heavy (non-hydrogen) atoms. The first-order valence-corrected chi connectivity index (χ1v) is 12.9. The topological polar surface area (TPSA) is 52.6 Å². The van der Waals surface area contributed by atoms with Crippen molar-refractivity contribution in [2.75, 3.05) is 0 Å². The van der Waals surface area contributed by atoms with E-state index >= 15 is 0 Å². The van der Waals surface area contributed by atoms with Gasteiger partial charge in [0, 0.05) is 0 Å². The Hall–Kier alpha value is -2.90. The molecular formula is C29H36F4O4. The van der Waals surface area contributed by atoms with Gasteiger partial charge in [-0.2, -0.15) is 13.2 Å². The summed E-state index contributed by atoms with van der Waals surface area (Å²) in [6.07, 6.45) is -1.11. The number of carbonyl (C=O) groups is 2. The number of halogens is 4. The molecular weight excluding hydrogens is 488 g/mol. The highest BCUT2D eigenvalue weighted by Gasteiger charge is 2.43. The molecule has 2 aromatic rings. The summed E-state index contributed by atoms with van der Waals surface area (Å²) in [7, 11) is 0.